The van der Waals surface area contributed by atoms with Crippen LogP contribution >= 0.6 is 12.2 Å². The lowest BCUT2D eigenvalue weighted by Gasteiger charge is -2.43. The maximum Gasteiger partial charge on any atom is 0.272 e. The number of thiocarbonyl (C=S) groups is 1. The van der Waals surface area contributed by atoms with E-state index in [0.29, 0.717) is 47.3 Å². The molecule has 1 aliphatic carbocycles. The van der Waals surface area contributed by atoms with Gasteiger partial charge in [0.1, 0.15) is 11.7 Å². The van der Waals surface area contributed by atoms with E-state index < -0.39 is 11.4 Å². The number of aryl methyl sites for hydroxylation is 1. The first-order valence-electron chi connectivity index (χ1n) is 12.1. The summed E-state index contributed by atoms with van der Waals surface area (Å²) in [5.74, 6) is -0.0979. The van der Waals surface area contributed by atoms with E-state index in [0.717, 1.165) is 32.5 Å². The smallest absolute Gasteiger partial charge is 0.272 e. The predicted molar refractivity (Wildman–Crippen MR) is 137 cm³/mol. The third-order valence-electron chi connectivity index (χ3n) is 7.24. The van der Waals surface area contributed by atoms with Gasteiger partial charge in [0.25, 0.3) is 11.7 Å². The molecule has 0 radical (unpaired) electrons. The minimum Gasteiger partial charge on any atom is -0.490 e. The summed E-state index contributed by atoms with van der Waals surface area (Å²) in [6, 6.07) is 6.55. The van der Waals surface area contributed by atoms with E-state index in [4.69, 9.17) is 23.5 Å². The zero-order valence-corrected chi connectivity index (χ0v) is 20.6. The lowest BCUT2D eigenvalue weighted by molar-refractivity contribution is -0.123. The van der Waals surface area contributed by atoms with Crippen molar-refractivity contribution in [3.05, 3.63) is 53.3 Å². The van der Waals surface area contributed by atoms with Crippen LogP contribution in [0.25, 0.3) is 4.85 Å². The molecule has 2 saturated heterocycles. The fraction of sp³-hybridized carbons (Fsp3) is 0.462. The van der Waals surface area contributed by atoms with E-state index in [1.807, 2.05) is 0 Å². The fourth-order valence-corrected chi connectivity index (χ4v) is 5.69. The van der Waals surface area contributed by atoms with Crippen molar-refractivity contribution in [2.45, 2.75) is 51.0 Å². The predicted octanol–water partition coefficient (Wildman–Crippen LogP) is 5.01. The highest BCUT2D eigenvalue weighted by atomic mass is 32.1. The van der Waals surface area contributed by atoms with E-state index in [9.17, 15) is 4.79 Å². The van der Waals surface area contributed by atoms with Gasteiger partial charge in [-0.2, -0.15) is 0 Å². The molecule has 1 aromatic carbocycles. The number of halogens is 1. The molecule has 3 fully saturated rings. The Hall–Kier alpha value is -3.09. The molecule has 0 N–H and O–H groups in total. The molecule has 1 spiro atoms. The van der Waals surface area contributed by atoms with Gasteiger partial charge in [-0.25, -0.2) is 4.39 Å². The highest BCUT2D eigenvalue weighted by Crippen LogP contribution is 2.48. The number of hydrogen-bond acceptors (Lipinski definition) is 5. The quantitative estimate of drug-likeness (QED) is 0.307. The number of aromatic nitrogens is 1. The molecule has 3 heterocycles. The van der Waals surface area contributed by atoms with Crippen LogP contribution in [0.3, 0.4) is 0 Å². The lowest BCUT2D eigenvalue weighted by Crippen LogP contribution is -2.55. The number of likely N-dealkylation sites (tertiary alicyclic amines) is 1. The van der Waals surface area contributed by atoms with Gasteiger partial charge >= 0.3 is 0 Å². The monoisotopic (exact) mass is 493 g/mol. The first-order chi connectivity index (χ1) is 16.9. The van der Waals surface area contributed by atoms with Crippen LogP contribution in [-0.4, -0.2) is 52.7 Å². The number of benzene rings is 1. The maximum atomic E-state index is 15.0. The van der Waals surface area contributed by atoms with Gasteiger partial charge in [-0.3, -0.25) is 9.69 Å². The minimum atomic E-state index is -0.812. The van der Waals surface area contributed by atoms with Crippen LogP contribution in [0.1, 0.15) is 44.1 Å². The maximum absolute atomic E-state index is 15.0. The van der Waals surface area contributed by atoms with Crippen molar-refractivity contribution in [2.75, 3.05) is 36.0 Å². The van der Waals surface area contributed by atoms with Crippen molar-refractivity contribution >= 4 is 40.4 Å². The van der Waals surface area contributed by atoms with E-state index in [1.54, 1.807) is 30.0 Å². The summed E-state index contributed by atoms with van der Waals surface area (Å²) in [7, 11) is 0. The topological polar surface area (TPSA) is 53.3 Å². The van der Waals surface area contributed by atoms with Gasteiger partial charge in [0.15, 0.2) is 16.7 Å². The Labute approximate surface area is 210 Å². The molecular formula is C26H28FN5O2S. The van der Waals surface area contributed by atoms with Crippen LogP contribution in [0.2, 0.25) is 0 Å². The molecule has 1 saturated carbocycles. The molecule has 35 heavy (non-hydrogen) atoms. The van der Waals surface area contributed by atoms with E-state index in [2.05, 4.69) is 14.7 Å². The SMILES string of the molecule is [C-]#[N+]c1ncc(N2C(=O)C3(CCC3)N(c3ccc(OCCCN4CCCC4)c(F)c3)C2=S)cc1C. The average molecular weight is 494 g/mol. The summed E-state index contributed by atoms with van der Waals surface area (Å²) in [5, 5.41) is 0.296. The number of carbonyl (C=O) groups excluding carboxylic acids is 1. The van der Waals surface area contributed by atoms with Crippen LogP contribution in [0.4, 0.5) is 21.6 Å². The third kappa shape index (κ3) is 4.15. The molecule has 1 amide bonds. The largest absolute Gasteiger partial charge is 0.490 e. The standard InChI is InChI=1S/C26H28FN5O2S/c1-18-15-20(17-29-23(18)28-2)31-24(33)26(9-5-10-26)32(25(31)35)19-7-8-22(21(27)16-19)34-14-6-13-30-11-3-4-12-30/h7-8,15-17H,3-6,9-14H2,1H3. The highest BCUT2D eigenvalue weighted by Gasteiger charge is 2.59. The van der Waals surface area contributed by atoms with Gasteiger partial charge in [0, 0.05) is 18.3 Å². The Balaban J connectivity index is 1.35. The number of nitrogens with zero attached hydrogens (tertiary/aromatic N) is 5. The van der Waals surface area contributed by atoms with Gasteiger partial charge in [-0.15, -0.1) is 4.98 Å². The number of pyridine rings is 1. The van der Waals surface area contributed by atoms with Crippen LogP contribution in [0, 0.1) is 19.3 Å². The Kier molecular flexibility index (Phi) is 6.43. The Morgan fingerprint density at radius 2 is 1.97 bits per heavy atom. The molecular weight excluding hydrogens is 465 g/mol. The van der Waals surface area contributed by atoms with Crippen LogP contribution < -0.4 is 14.5 Å². The van der Waals surface area contributed by atoms with E-state index >= 15 is 4.39 Å². The summed E-state index contributed by atoms with van der Waals surface area (Å²) in [6.07, 6.45) is 7.03. The van der Waals surface area contributed by atoms with Gasteiger partial charge in [-0.1, -0.05) is 6.57 Å². The van der Waals surface area contributed by atoms with Crippen molar-refractivity contribution in [2.24, 2.45) is 0 Å². The summed E-state index contributed by atoms with van der Waals surface area (Å²) in [4.78, 5) is 26.8. The zero-order chi connectivity index (χ0) is 24.6. The molecule has 0 unspecified atom stereocenters. The Bertz CT molecular complexity index is 1200. The van der Waals surface area contributed by atoms with Crippen molar-refractivity contribution in [3.8, 4) is 5.75 Å². The number of ether oxygens (including phenoxy) is 1. The first-order valence-corrected chi connectivity index (χ1v) is 12.5. The van der Waals surface area contributed by atoms with E-state index in [-0.39, 0.29) is 11.7 Å². The second-order valence-electron chi connectivity index (χ2n) is 9.45. The summed E-state index contributed by atoms with van der Waals surface area (Å²) < 4.78 is 20.8. The van der Waals surface area contributed by atoms with Gasteiger partial charge < -0.3 is 19.4 Å². The first kappa shape index (κ1) is 23.6. The highest BCUT2D eigenvalue weighted by molar-refractivity contribution is 7.81. The number of hydrogen-bond donors (Lipinski definition) is 0. The molecule has 7 nitrogen and oxygen atoms in total. The number of amides is 1. The molecule has 2 aliphatic heterocycles. The van der Waals surface area contributed by atoms with Gasteiger partial charge in [0.2, 0.25) is 0 Å². The second kappa shape index (κ2) is 9.51. The average Bonchev–Trinajstić information content (AvgIpc) is 3.41. The Morgan fingerprint density at radius 1 is 1.20 bits per heavy atom. The third-order valence-corrected chi connectivity index (χ3v) is 7.61. The molecule has 2 aromatic rings. The minimum absolute atomic E-state index is 0.131. The summed E-state index contributed by atoms with van der Waals surface area (Å²) in [6.45, 7) is 12.7. The summed E-state index contributed by atoms with van der Waals surface area (Å²) in [5.41, 5.74) is 0.923. The lowest BCUT2D eigenvalue weighted by atomic mass is 9.75. The van der Waals surface area contributed by atoms with Crippen LogP contribution in [0.15, 0.2) is 30.5 Å². The van der Waals surface area contributed by atoms with E-state index in [1.165, 1.54) is 30.0 Å². The molecule has 1 aromatic heterocycles. The van der Waals surface area contributed by atoms with Gasteiger partial charge in [0.05, 0.1) is 12.3 Å². The fourth-order valence-electron chi connectivity index (χ4n) is 5.22. The summed E-state index contributed by atoms with van der Waals surface area (Å²) >= 11 is 5.76. The van der Waals surface area contributed by atoms with Crippen LogP contribution in [-0.2, 0) is 4.79 Å². The number of rotatable bonds is 7. The van der Waals surface area contributed by atoms with Crippen molar-refractivity contribution in [1.82, 2.24) is 9.88 Å². The molecule has 0 atom stereocenters. The molecule has 182 valence electrons. The normalized spacial score (nSPS) is 19.3. The van der Waals surface area contributed by atoms with Crippen molar-refractivity contribution < 1.29 is 13.9 Å². The molecule has 3 aliphatic rings. The van der Waals surface area contributed by atoms with Crippen molar-refractivity contribution in [3.63, 3.8) is 0 Å². The zero-order valence-electron chi connectivity index (χ0n) is 19.8. The number of carbonyl (C=O) groups is 1. The van der Waals surface area contributed by atoms with Crippen LogP contribution in [0.5, 0.6) is 5.75 Å². The molecule has 0 bridgehead atoms. The molecule has 5 rings (SSSR count). The second-order valence-corrected chi connectivity index (χ2v) is 9.82. The Morgan fingerprint density at radius 3 is 2.60 bits per heavy atom. The van der Waals surface area contributed by atoms with Gasteiger partial charge in [-0.05, 0) is 94.5 Å². The number of anilines is 2. The molecule has 9 heteroatoms. The van der Waals surface area contributed by atoms with Crippen molar-refractivity contribution in [1.29, 1.82) is 0 Å².